The highest BCUT2D eigenvalue weighted by Crippen LogP contribution is 2.20. The van der Waals surface area contributed by atoms with Crippen LogP contribution >= 0.6 is 0 Å². The Morgan fingerprint density at radius 2 is 2.19 bits per heavy atom. The molecule has 1 N–H and O–H groups in total. The largest absolute Gasteiger partial charge is 0.496 e. The van der Waals surface area contributed by atoms with Crippen molar-refractivity contribution in [3.8, 4) is 5.75 Å². The minimum atomic E-state index is -0.214. The summed E-state index contributed by atoms with van der Waals surface area (Å²) in [6, 6.07) is 6.15. The van der Waals surface area contributed by atoms with Gasteiger partial charge in [-0.15, -0.1) is 0 Å². The number of hydrogen-bond donors (Lipinski definition) is 1. The second-order valence-electron chi connectivity index (χ2n) is 4.60. The van der Waals surface area contributed by atoms with Gasteiger partial charge in [0.05, 0.1) is 13.3 Å². The van der Waals surface area contributed by atoms with Gasteiger partial charge in [-0.25, -0.2) is 4.98 Å². The molecule has 2 aromatic rings. The summed E-state index contributed by atoms with van der Waals surface area (Å²) in [5.74, 6) is 0.634. The summed E-state index contributed by atoms with van der Waals surface area (Å²) in [5, 5.41) is 2.84. The number of nitrogens with one attached hydrogen (secondary N) is 1. The molecule has 1 aromatic carbocycles. The van der Waals surface area contributed by atoms with Crippen LogP contribution in [0.2, 0.25) is 0 Å². The smallest absolute Gasteiger partial charge is 0.271 e. The van der Waals surface area contributed by atoms with Gasteiger partial charge in [0.25, 0.3) is 5.91 Å². The third-order valence-corrected chi connectivity index (χ3v) is 3.23. The van der Waals surface area contributed by atoms with Gasteiger partial charge in [-0.1, -0.05) is 19.1 Å². The van der Waals surface area contributed by atoms with Crippen molar-refractivity contribution in [2.24, 2.45) is 0 Å². The van der Waals surface area contributed by atoms with Crippen LogP contribution in [0.15, 0.2) is 36.8 Å². The van der Waals surface area contributed by atoms with E-state index in [9.17, 15) is 4.79 Å². The van der Waals surface area contributed by atoms with E-state index < -0.39 is 0 Å². The van der Waals surface area contributed by atoms with Crippen LogP contribution in [0.4, 0.5) is 0 Å². The maximum atomic E-state index is 11.9. The fraction of sp³-hybridized carbons (Fsp3) is 0.312. The van der Waals surface area contributed by atoms with Crippen molar-refractivity contribution in [2.45, 2.75) is 19.8 Å². The molecular formula is C16H19N3O2. The second-order valence-corrected chi connectivity index (χ2v) is 4.60. The first-order chi connectivity index (χ1) is 10.2. The molecule has 0 aliphatic rings. The Bertz CT molecular complexity index is 600. The number of hydrogen-bond acceptors (Lipinski definition) is 4. The van der Waals surface area contributed by atoms with Crippen LogP contribution in [0.1, 0.15) is 28.5 Å². The molecular weight excluding hydrogens is 266 g/mol. The highest BCUT2D eigenvalue weighted by molar-refractivity contribution is 5.91. The summed E-state index contributed by atoms with van der Waals surface area (Å²) in [6.07, 6.45) is 6.18. The number of aromatic nitrogens is 2. The predicted molar refractivity (Wildman–Crippen MR) is 80.4 cm³/mol. The SMILES string of the molecule is CCc1ccc(OC)c(CCNC(=O)c2cnccn2)c1. The first-order valence-corrected chi connectivity index (χ1v) is 6.94. The average Bonchev–Trinajstić information content (AvgIpc) is 2.55. The summed E-state index contributed by atoms with van der Waals surface area (Å²) < 4.78 is 5.35. The van der Waals surface area contributed by atoms with Crippen LogP contribution in [-0.4, -0.2) is 29.5 Å². The van der Waals surface area contributed by atoms with Crippen LogP contribution < -0.4 is 10.1 Å². The molecule has 5 heteroatoms. The average molecular weight is 285 g/mol. The summed E-state index contributed by atoms with van der Waals surface area (Å²) >= 11 is 0. The van der Waals surface area contributed by atoms with Crippen molar-refractivity contribution in [2.75, 3.05) is 13.7 Å². The Morgan fingerprint density at radius 1 is 1.33 bits per heavy atom. The summed E-state index contributed by atoms with van der Waals surface area (Å²) in [6.45, 7) is 2.64. The molecule has 0 saturated carbocycles. The topological polar surface area (TPSA) is 64.1 Å². The molecule has 0 aliphatic heterocycles. The molecule has 0 fully saturated rings. The van der Waals surface area contributed by atoms with E-state index in [1.165, 1.54) is 24.2 Å². The zero-order valence-corrected chi connectivity index (χ0v) is 12.3. The van der Waals surface area contributed by atoms with Gasteiger partial charge >= 0.3 is 0 Å². The molecule has 0 bridgehead atoms. The second kappa shape index (κ2) is 7.38. The summed E-state index contributed by atoms with van der Waals surface area (Å²) in [4.78, 5) is 19.7. The maximum absolute atomic E-state index is 11.9. The molecule has 0 unspecified atom stereocenters. The Hall–Kier alpha value is -2.43. The third kappa shape index (κ3) is 4.02. The molecule has 2 rings (SSSR count). The van der Waals surface area contributed by atoms with Gasteiger partial charge in [0, 0.05) is 18.9 Å². The maximum Gasteiger partial charge on any atom is 0.271 e. The molecule has 1 aromatic heterocycles. The molecule has 21 heavy (non-hydrogen) atoms. The zero-order chi connectivity index (χ0) is 15.1. The van der Waals surface area contributed by atoms with Crippen LogP contribution in [0.3, 0.4) is 0 Å². The molecule has 5 nitrogen and oxygen atoms in total. The lowest BCUT2D eigenvalue weighted by Crippen LogP contribution is -2.26. The lowest BCUT2D eigenvalue weighted by Gasteiger charge is -2.11. The third-order valence-electron chi connectivity index (χ3n) is 3.23. The number of carbonyl (C=O) groups is 1. The fourth-order valence-electron chi connectivity index (χ4n) is 2.06. The van der Waals surface area contributed by atoms with Crippen LogP contribution in [-0.2, 0) is 12.8 Å². The molecule has 110 valence electrons. The van der Waals surface area contributed by atoms with Gasteiger partial charge in [0.15, 0.2) is 0 Å². The number of methoxy groups -OCH3 is 1. The normalized spacial score (nSPS) is 10.2. The quantitative estimate of drug-likeness (QED) is 0.882. The molecule has 0 radical (unpaired) electrons. The van der Waals surface area contributed by atoms with Crippen molar-refractivity contribution in [1.82, 2.24) is 15.3 Å². The van der Waals surface area contributed by atoms with Gasteiger partial charge in [-0.3, -0.25) is 9.78 Å². The number of carbonyl (C=O) groups excluding carboxylic acids is 1. The highest BCUT2D eigenvalue weighted by Gasteiger charge is 2.08. The van der Waals surface area contributed by atoms with Gasteiger partial charge < -0.3 is 10.1 Å². The Balaban J connectivity index is 1.95. The first-order valence-electron chi connectivity index (χ1n) is 6.94. The van der Waals surface area contributed by atoms with Crippen LogP contribution in [0, 0.1) is 0 Å². The van der Waals surface area contributed by atoms with E-state index in [-0.39, 0.29) is 5.91 Å². The van der Waals surface area contributed by atoms with Gasteiger partial charge in [-0.05, 0) is 30.0 Å². The number of benzene rings is 1. The van der Waals surface area contributed by atoms with E-state index in [0.29, 0.717) is 18.7 Å². The predicted octanol–water partition coefficient (Wildman–Crippen LogP) is 2.02. The van der Waals surface area contributed by atoms with Crippen LogP contribution in [0.25, 0.3) is 0 Å². The number of aryl methyl sites for hydroxylation is 1. The van der Waals surface area contributed by atoms with Gasteiger partial charge in [0.2, 0.25) is 0 Å². The monoisotopic (exact) mass is 285 g/mol. The standard InChI is InChI=1S/C16H19N3O2/c1-3-12-4-5-15(21-2)13(10-12)6-7-19-16(20)14-11-17-8-9-18-14/h4-5,8-11H,3,6-7H2,1-2H3,(H,19,20). The number of rotatable bonds is 6. The van der Waals surface area contributed by atoms with Gasteiger partial charge in [0.1, 0.15) is 11.4 Å². The number of nitrogens with zero attached hydrogens (tertiary/aromatic N) is 2. The molecule has 1 heterocycles. The van der Waals surface area contributed by atoms with E-state index in [2.05, 4.69) is 34.3 Å². The zero-order valence-electron chi connectivity index (χ0n) is 12.3. The fourth-order valence-corrected chi connectivity index (χ4v) is 2.06. The van der Waals surface area contributed by atoms with Crippen molar-refractivity contribution < 1.29 is 9.53 Å². The molecule has 0 saturated heterocycles. The minimum absolute atomic E-state index is 0.214. The van der Waals surface area contributed by atoms with E-state index in [1.54, 1.807) is 7.11 Å². The summed E-state index contributed by atoms with van der Waals surface area (Å²) in [7, 11) is 1.66. The van der Waals surface area contributed by atoms with E-state index >= 15 is 0 Å². The highest BCUT2D eigenvalue weighted by atomic mass is 16.5. The molecule has 0 spiro atoms. The minimum Gasteiger partial charge on any atom is -0.496 e. The molecule has 0 aliphatic carbocycles. The lowest BCUT2D eigenvalue weighted by molar-refractivity contribution is 0.0948. The molecule has 0 atom stereocenters. The lowest BCUT2D eigenvalue weighted by atomic mass is 10.1. The number of ether oxygens (including phenoxy) is 1. The van der Waals surface area contributed by atoms with Crippen molar-refractivity contribution in [3.05, 3.63) is 53.6 Å². The van der Waals surface area contributed by atoms with Crippen molar-refractivity contribution in [1.29, 1.82) is 0 Å². The number of amides is 1. The van der Waals surface area contributed by atoms with E-state index in [4.69, 9.17) is 4.74 Å². The van der Waals surface area contributed by atoms with Crippen molar-refractivity contribution >= 4 is 5.91 Å². The van der Waals surface area contributed by atoms with Gasteiger partial charge in [-0.2, -0.15) is 0 Å². The Labute approximate surface area is 124 Å². The summed E-state index contributed by atoms with van der Waals surface area (Å²) in [5.41, 5.74) is 2.68. The Kier molecular flexibility index (Phi) is 5.26. The van der Waals surface area contributed by atoms with Crippen molar-refractivity contribution in [3.63, 3.8) is 0 Å². The van der Waals surface area contributed by atoms with Crippen LogP contribution in [0.5, 0.6) is 5.75 Å². The Morgan fingerprint density at radius 3 is 2.86 bits per heavy atom. The molecule has 1 amide bonds. The van der Waals surface area contributed by atoms with E-state index in [0.717, 1.165) is 17.7 Å². The van der Waals surface area contributed by atoms with E-state index in [1.807, 2.05) is 6.07 Å². The first kappa shape index (κ1) is 15.0.